The molecule has 5 nitrogen and oxygen atoms in total. The molecule has 1 amide bonds. The van der Waals surface area contributed by atoms with Crippen LogP contribution in [0, 0.1) is 0 Å². The number of amides is 1. The summed E-state index contributed by atoms with van der Waals surface area (Å²) in [6, 6.07) is 5.85. The number of benzene rings is 1. The molecule has 1 aromatic carbocycles. The monoisotopic (exact) mass is 295 g/mol. The van der Waals surface area contributed by atoms with Crippen LogP contribution in [0.3, 0.4) is 0 Å². The molecule has 0 fully saturated rings. The molecule has 0 bridgehead atoms. The average Bonchev–Trinajstić information content (AvgIpc) is 2.36. The molecule has 1 rings (SSSR count). The summed E-state index contributed by atoms with van der Waals surface area (Å²) in [5.74, 6) is 0.295. The first kappa shape index (κ1) is 16.4. The highest BCUT2D eigenvalue weighted by molar-refractivity contribution is 7.80. The average molecular weight is 295 g/mol. The minimum atomic E-state index is -0.342. The van der Waals surface area contributed by atoms with Gasteiger partial charge in [0, 0.05) is 12.6 Å². The van der Waals surface area contributed by atoms with E-state index in [0.717, 1.165) is 5.56 Å². The van der Waals surface area contributed by atoms with Gasteiger partial charge in [-0.2, -0.15) is 0 Å². The van der Waals surface area contributed by atoms with Crippen LogP contribution in [-0.2, 0) is 11.3 Å². The van der Waals surface area contributed by atoms with E-state index in [9.17, 15) is 4.79 Å². The van der Waals surface area contributed by atoms with Crippen LogP contribution in [0.5, 0.6) is 5.75 Å². The number of rotatable bonds is 7. The van der Waals surface area contributed by atoms with E-state index in [1.54, 1.807) is 7.11 Å². The smallest absolute Gasteiger partial charge is 0.231 e. The van der Waals surface area contributed by atoms with Crippen molar-refractivity contribution in [2.75, 3.05) is 13.7 Å². The Morgan fingerprint density at radius 2 is 2.05 bits per heavy atom. The highest BCUT2D eigenvalue weighted by Gasteiger charge is 2.14. The summed E-state index contributed by atoms with van der Waals surface area (Å²) in [4.78, 5) is 13.4. The number of nitrogens with zero attached hydrogens (tertiary/aromatic N) is 1. The number of hydrogen-bond donors (Lipinski definition) is 2. The molecule has 0 saturated carbocycles. The summed E-state index contributed by atoms with van der Waals surface area (Å²) in [6.07, 6.45) is 0. The van der Waals surface area contributed by atoms with Crippen molar-refractivity contribution in [2.45, 2.75) is 26.4 Å². The molecule has 0 radical (unpaired) electrons. The highest BCUT2D eigenvalue weighted by atomic mass is 32.1. The van der Waals surface area contributed by atoms with Crippen LogP contribution in [0.1, 0.15) is 25.0 Å². The van der Waals surface area contributed by atoms with Gasteiger partial charge in [-0.05, 0) is 31.5 Å². The predicted molar refractivity (Wildman–Crippen MR) is 83.6 cm³/mol. The van der Waals surface area contributed by atoms with Gasteiger partial charge in [-0.15, -0.1) is 0 Å². The molecule has 0 aliphatic carbocycles. The van der Waals surface area contributed by atoms with Crippen LogP contribution in [0.2, 0.25) is 0 Å². The minimum Gasteiger partial charge on any atom is -0.496 e. The molecule has 6 heteroatoms. The van der Waals surface area contributed by atoms with Crippen LogP contribution in [0.25, 0.3) is 0 Å². The fourth-order valence-electron chi connectivity index (χ4n) is 1.89. The Hall–Kier alpha value is -1.66. The number of methoxy groups -OCH3 is 1. The van der Waals surface area contributed by atoms with E-state index in [0.29, 0.717) is 22.8 Å². The van der Waals surface area contributed by atoms with Gasteiger partial charge in [0.25, 0.3) is 0 Å². The van der Waals surface area contributed by atoms with E-state index >= 15 is 0 Å². The standard InChI is InChI=1S/C14H21N3O2S/c1-9(2)17(8-13(15)18)7-10-4-5-11(14(16)20)12(6-10)19-3/h4-6,9H,7-8H2,1-3H3,(H2,15,18)(H2,16,20). The molecule has 0 atom stereocenters. The van der Waals surface area contributed by atoms with Crippen LogP contribution in [-0.4, -0.2) is 35.5 Å². The fraction of sp³-hybridized carbons (Fsp3) is 0.429. The van der Waals surface area contributed by atoms with Gasteiger partial charge < -0.3 is 16.2 Å². The number of hydrogen-bond acceptors (Lipinski definition) is 4. The summed E-state index contributed by atoms with van der Waals surface area (Å²) in [6.45, 7) is 4.86. The molecule has 1 aromatic rings. The van der Waals surface area contributed by atoms with Gasteiger partial charge in [-0.25, -0.2) is 0 Å². The number of carbonyl (C=O) groups is 1. The van der Waals surface area contributed by atoms with Gasteiger partial charge in [0.05, 0.1) is 19.2 Å². The lowest BCUT2D eigenvalue weighted by Crippen LogP contribution is -2.37. The minimum absolute atomic E-state index is 0.212. The molecule has 0 heterocycles. The van der Waals surface area contributed by atoms with Crippen LogP contribution < -0.4 is 16.2 Å². The summed E-state index contributed by atoms with van der Waals surface area (Å²) >= 11 is 4.97. The highest BCUT2D eigenvalue weighted by Crippen LogP contribution is 2.21. The third-order valence-electron chi connectivity index (χ3n) is 3.01. The number of carbonyl (C=O) groups excluding carboxylic acids is 1. The Morgan fingerprint density at radius 3 is 2.50 bits per heavy atom. The predicted octanol–water partition coefficient (Wildman–Crippen LogP) is 1.03. The van der Waals surface area contributed by atoms with Crippen molar-refractivity contribution in [3.8, 4) is 5.75 Å². The van der Waals surface area contributed by atoms with E-state index in [1.165, 1.54) is 0 Å². The maximum absolute atomic E-state index is 11.1. The van der Waals surface area contributed by atoms with E-state index in [2.05, 4.69) is 0 Å². The van der Waals surface area contributed by atoms with E-state index in [1.807, 2.05) is 36.9 Å². The molecule has 20 heavy (non-hydrogen) atoms. The number of primary amides is 1. The molecular formula is C14H21N3O2S. The van der Waals surface area contributed by atoms with Crippen molar-refractivity contribution in [1.29, 1.82) is 0 Å². The summed E-state index contributed by atoms with van der Waals surface area (Å²) in [5.41, 5.74) is 12.6. The van der Waals surface area contributed by atoms with E-state index in [4.69, 9.17) is 28.4 Å². The third-order valence-corrected chi connectivity index (χ3v) is 3.23. The Labute approximate surface area is 124 Å². The van der Waals surface area contributed by atoms with Gasteiger partial charge in [0.2, 0.25) is 5.91 Å². The van der Waals surface area contributed by atoms with Crippen molar-refractivity contribution >= 4 is 23.1 Å². The van der Waals surface area contributed by atoms with Crippen LogP contribution in [0.4, 0.5) is 0 Å². The number of thiocarbonyl (C=S) groups is 1. The van der Waals surface area contributed by atoms with Crippen molar-refractivity contribution in [2.24, 2.45) is 11.5 Å². The maximum atomic E-state index is 11.1. The normalized spacial score (nSPS) is 10.8. The lowest BCUT2D eigenvalue weighted by Gasteiger charge is -2.25. The lowest BCUT2D eigenvalue weighted by molar-refractivity contribution is -0.119. The Kier molecular flexibility index (Phi) is 5.91. The molecule has 4 N–H and O–H groups in total. The molecule has 0 saturated heterocycles. The van der Waals surface area contributed by atoms with Gasteiger partial charge >= 0.3 is 0 Å². The van der Waals surface area contributed by atoms with Gasteiger partial charge in [0.1, 0.15) is 10.7 Å². The first-order valence-corrected chi connectivity index (χ1v) is 6.75. The number of ether oxygens (including phenoxy) is 1. The second kappa shape index (κ2) is 7.21. The molecule has 0 unspecified atom stereocenters. The number of nitrogens with two attached hydrogens (primary N) is 2. The van der Waals surface area contributed by atoms with Crippen LogP contribution >= 0.6 is 12.2 Å². The first-order chi connectivity index (χ1) is 9.35. The largest absolute Gasteiger partial charge is 0.496 e. The van der Waals surface area contributed by atoms with Crippen molar-refractivity contribution in [3.63, 3.8) is 0 Å². The third kappa shape index (κ3) is 4.47. The van der Waals surface area contributed by atoms with Crippen molar-refractivity contribution in [3.05, 3.63) is 29.3 Å². The first-order valence-electron chi connectivity index (χ1n) is 6.34. The van der Waals surface area contributed by atoms with Gasteiger partial charge in [-0.1, -0.05) is 18.3 Å². The van der Waals surface area contributed by atoms with E-state index in [-0.39, 0.29) is 18.5 Å². The zero-order chi connectivity index (χ0) is 15.3. The Bertz CT molecular complexity index is 503. The maximum Gasteiger partial charge on any atom is 0.231 e. The van der Waals surface area contributed by atoms with Gasteiger partial charge in [-0.3, -0.25) is 9.69 Å². The Morgan fingerprint density at radius 1 is 1.40 bits per heavy atom. The molecule has 0 spiro atoms. The fourth-order valence-corrected chi connectivity index (χ4v) is 2.06. The molecular weight excluding hydrogens is 274 g/mol. The zero-order valence-corrected chi connectivity index (χ0v) is 12.9. The molecule has 0 aliphatic rings. The summed E-state index contributed by atoms with van der Waals surface area (Å²) in [7, 11) is 1.57. The summed E-state index contributed by atoms with van der Waals surface area (Å²) < 4.78 is 5.29. The molecule has 0 aromatic heterocycles. The summed E-state index contributed by atoms with van der Waals surface area (Å²) in [5, 5.41) is 0. The van der Waals surface area contributed by atoms with Crippen molar-refractivity contribution in [1.82, 2.24) is 4.90 Å². The second-order valence-electron chi connectivity index (χ2n) is 4.86. The van der Waals surface area contributed by atoms with Gasteiger partial charge in [0.15, 0.2) is 0 Å². The second-order valence-corrected chi connectivity index (χ2v) is 5.30. The van der Waals surface area contributed by atoms with Crippen molar-refractivity contribution < 1.29 is 9.53 Å². The molecule has 110 valence electrons. The molecule has 0 aliphatic heterocycles. The Balaban J connectivity index is 2.96. The lowest BCUT2D eigenvalue weighted by atomic mass is 10.1. The zero-order valence-electron chi connectivity index (χ0n) is 12.1. The van der Waals surface area contributed by atoms with Crippen LogP contribution in [0.15, 0.2) is 18.2 Å². The quantitative estimate of drug-likeness (QED) is 0.734. The van der Waals surface area contributed by atoms with E-state index < -0.39 is 0 Å². The SMILES string of the molecule is COc1cc(CN(CC(N)=O)C(C)C)ccc1C(N)=S. The topological polar surface area (TPSA) is 81.6 Å².